The summed E-state index contributed by atoms with van der Waals surface area (Å²) in [6, 6.07) is 7.66. The van der Waals surface area contributed by atoms with E-state index in [0.29, 0.717) is 6.42 Å². The molecule has 1 atom stereocenters. The maximum atomic E-state index is 11.0. The van der Waals surface area contributed by atoms with E-state index in [2.05, 4.69) is 15.3 Å². The van der Waals surface area contributed by atoms with Crippen molar-refractivity contribution in [3.05, 3.63) is 52.1 Å². The molecule has 3 rings (SSSR count). The van der Waals surface area contributed by atoms with Gasteiger partial charge in [-0.2, -0.15) is 0 Å². The standard InChI is InChI=1S/C15H15N3O2S/c1-9-8-21-14(17-9)13(18-15(19)20)6-10-7-16-12-5-3-2-4-11(10)12/h2-5,7-8,13,16,18H,6H2,1H3,(H,19,20). The lowest BCUT2D eigenvalue weighted by atomic mass is 10.1. The van der Waals surface area contributed by atoms with Crippen LogP contribution in [0.2, 0.25) is 0 Å². The second-order valence-electron chi connectivity index (χ2n) is 4.89. The van der Waals surface area contributed by atoms with Gasteiger partial charge in [-0.05, 0) is 18.6 Å². The lowest BCUT2D eigenvalue weighted by Crippen LogP contribution is -2.28. The first-order valence-corrected chi connectivity index (χ1v) is 7.48. The van der Waals surface area contributed by atoms with E-state index < -0.39 is 6.09 Å². The van der Waals surface area contributed by atoms with Crippen LogP contribution >= 0.6 is 11.3 Å². The van der Waals surface area contributed by atoms with Crippen LogP contribution in [0.25, 0.3) is 10.9 Å². The van der Waals surface area contributed by atoms with E-state index in [-0.39, 0.29) is 6.04 Å². The molecule has 3 aromatic rings. The molecule has 0 radical (unpaired) electrons. The maximum Gasteiger partial charge on any atom is 0.405 e. The number of fused-ring (bicyclic) bond motifs is 1. The predicted molar refractivity (Wildman–Crippen MR) is 82.8 cm³/mol. The number of amides is 1. The van der Waals surface area contributed by atoms with Gasteiger partial charge >= 0.3 is 6.09 Å². The van der Waals surface area contributed by atoms with Crippen molar-refractivity contribution in [1.82, 2.24) is 15.3 Å². The van der Waals surface area contributed by atoms with Crippen LogP contribution in [-0.2, 0) is 6.42 Å². The van der Waals surface area contributed by atoms with Crippen LogP contribution in [0, 0.1) is 6.92 Å². The summed E-state index contributed by atoms with van der Waals surface area (Å²) in [7, 11) is 0. The molecule has 0 aliphatic rings. The normalized spacial score (nSPS) is 12.4. The Kier molecular flexibility index (Phi) is 3.62. The number of benzene rings is 1. The number of hydrogen-bond acceptors (Lipinski definition) is 3. The molecular weight excluding hydrogens is 286 g/mol. The summed E-state index contributed by atoms with van der Waals surface area (Å²) in [6.07, 6.45) is 1.47. The smallest absolute Gasteiger partial charge is 0.405 e. The fourth-order valence-corrected chi connectivity index (χ4v) is 3.25. The maximum absolute atomic E-state index is 11.0. The zero-order valence-corrected chi connectivity index (χ0v) is 12.3. The Hall–Kier alpha value is -2.34. The van der Waals surface area contributed by atoms with E-state index in [4.69, 9.17) is 5.11 Å². The number of nitrogens with one attached hydrogen (secondary N) is 2. The van der Waals surface area contributed by atoms with Crippen LogP contribution in [0.15, 0.2) is 35.8 Å². The Bertz CT molecular complexity index is 778. The number of aromatic amines is 1. The molecule has 0 aliphatic heterocycles. The Morgan fingerprint density at radius 1 is 1.48 bits per heavy atom. The van der Waals surface area contributed by atoms with Crippen molar-refractivity contribution in [1.29, 1.82) is 0 Å². The average Bonchev–Trinajstić information content (AvgIpc) is 3.05. The fourth-order valence-electron chi connectivity index (χ4n) is 2.40. The van der Waals surface area contributed by atoms with E-state index in [1.807, 2.05) is 42.8 Å². The third-order valence-corrected chi connectivity index (χ3v) is 4.41. The summed E-state index contributed by atoms with van der Waals surface area (Å²) in [5, 5.41) is 15.5. The number of para-hydroxylation sites is 1. The molecule has 0 spiro atoms. The molecule has 3 N–H and O–H groups in total. The molecule has 0 saturated heterocycles. The number of hydrogen-bond donors (Lipinski definition) is 3. The van der Waals surface area contributed by atoms with Gasteiger partial charge in [0.25, 0.3) is 0 Å². The third kappa shape index (κ3) is 2.90. The molecule has 0 fully saturated rings. The molecule has 21 heavy (non-hydrogen) atoms. The van der Waals surface area contributed by atoms with Gasteiger partial charge in [-0.15, -0.1) is 11.3 Å². The molecule has 2 heterocycles. The summed E-state index contributed by atoms with van der Waals surface area (Å²) < 4.78 is 0. The van der Waals surface area contributed by atoms with Crippen molar-refractivity contribution < 1.29 is 9.90 Å². The number of aromatic nitrogens is 2. The first-order chi connectivity index (χ1) is 10.1. The minimum absolute atomic E-state index is 0.333. The highest BCUT2D eigenvalue weighted by Gasteiger charge is 2.19. The SMILES string of the molecule is Cc1csc(C(Cc2c[nH]c3ccccc23)NC(=O)O)n1. The second kappa shape index (κ2) is 5.57. The predicted octanol–water partition coefficient (Wildman–Crippen LogP) is 3.48. The van der Waals surface area contributed by atoms with E-state index in [1.54, 1.807) is 0 Å². The van der Waals surface area contributed by atoms with Crippen LogP contribution < -0.4 is 5.32 Å². The summed E-state index contributed by atoms with van der Waals surface area (Å²) in [5.41, 5.74) is 3.04. The van der Waals surface area contributed by atoms with Gasteiger partial charge < -0.3 is 15.4 Å². The van der Waals surface area contributed by atoms with Gasteiger partial charge in [0.1, 0.15) is 5.01 Å². The number of aryl methyl sites for hydroxylation is 1. The fraction of sp³-hybridized carbons (Fsp3) is 0.200. The van der Waals surface area contributed by atoms with Gasteiger partial charge in [-0.1, -0.05) is 18.2 Å². The van der Waals surface area contributed by atoms with Crippen LogP contribution in [0.5, 0.6) is 0 Å². The summed E-state index contributed by atoms with van der Waals surface area (Å²) >= 11 is 1.48. The number of H-pyrrole nitrogens is 1. The Labute approximate surface area is 125 Å². The molecule has 1 unspecified atom stereocenters. The van der Waals surface area contributed by atoms with Crippen molar-refractivity contribution >= 4 is 28.3 Å². The molecule has 0 aliphatic carbocycles. The van der Waals surface area contributed by atoms with E-state index >= 15 is 0 Å². The zero-order chi connectivity index (χ0) is 14.8. The van der Waals surface area contributed by atoms with Gasteiger partial charge in [0.2, 0.25) is 0 Å². The van der Waals surface area contributed by atoms with Crippen LogP contribution in [0.4, 0.5) is 4.79 Å². The van der Waals surface area contributed by atoms with Crippen LogP contribution in [0.3, 0.4) is 0 Å². The van der Waals surface area contributed by atoms with Crippen molar-refractivity contribution in [3.8, 4) is 0 Å². The van der Waals surface area contributed by atoms with Gasteiger partial charge in [0, 0.05) is 34.6 Å². The zero-order valence-electron chi connectivity index (χ0n) is 11.5. The van der Waals surface area contributed by atoms with Gasteiger partial charge in [-0.3, -0.25) is 0 Å². The average molecular weight is 301 g/mol. The Morgan fingerprint density at radius 2 is 2.29 bits per heavy atom. The minimum atomic E-state index is -1.03. The van der Waals surface area contributed by atoms with E-state index in [1.165, 1.54) is 11.3 Å². The summed E-state index contributed by atoms with van der Waals surface area (Å²) in [4.78, 5) is 18.7. The van der Waals surface area contributed by atoms with Gasteiger partial charge in [0.15, 0.2) is 0 Å². The third-order valence-electron chi connectivity index (χ3n) is 3.33. The lowest BCUT2D eigenvalue weighted by Gasteiger charge is -2.14. The Balaban J connectivity index is 1.92. The topological polar surface area (TPSA) is 78.0 Å². The van der Waals surface area contributed by atoms with Crippen molar-refractivity contribution in [2.24, 2.45) is 0 Å². The van der Waals surface area contributed by atoms with Crippen molar-refractivity contribution in [3.63, 3.8) is 0 Å². The highest BCUT2D eigenvalue weighted by atomic mass is 32.1. The molecule has 0 saturated carbocycles. The molecule has 6 heteroatoms. The minimum Gasteiger partial charge on any atom is -0.465 e. The van der Waals surface area contributed by atoms with Crippen LogP contribution in [-0.4, -0.2) is 21.2 Å². The quantitative estimate of drug-likeness (QED) is 0.690. The van der Waals surface area contributed by atoms with E-state index in [0.717, 1.165) is 27.2 Å². The number of thiazole rings is 1. The number of rotatable bonds is 4. The molecule has 1 aromatic carbocycles. The monoisotopic (exact) mass is 301 g/mol. The van der Waals surface area contributed by atoms with Gasteiger partial charge in [-0.25, -0.2) is 9.78 Å². The summed E-state index contributed by atoms with van der Waals surface area (Å²) in [5.74, 6) is 0. The lowest BCUT2D eigenvalue weighted by molar-refractivity contribution is 0.190. The highest BCUT2D eigenvalue weighted by molar-refractivity contribution is 7.09. The first kappa shape index (κ1) is 13.6. The number of nitrogens with zero attached hydrogens (tertiary/aromatic N) is 1. The second-order valence-corrected chi connectivity index (χ2v) is 5.78. The van der Waals surface area contributed by atoms with Crippen LogP contribution in [0.1, 0.15) is 22.3 Å². The first-order valence-electron chi connectivity index (χ1n) is 6.60. The largest absolute Gasteiger partial charge is 0.465 e. The summed E-state index contributed by atoms with van der Waals surface area (Å²) in [6.45, 7) is 1.91. The molecule has 5 nitrogen and oxygen atoms in total. The molecular formula is C15H15N3O2S. The molecule has 1 amide bonds. The highest BCUT2D eigenvalue weighted by Crippen LogP contribution is 2.26. The molecule has 2 aromatic heterocycles. The van der Waals surface area contributed by atoms with Crippen molar-refractivity contribution in [2.75, 3.05) is 0 Å². The van der Waals surface area contributed by atoms with Crippen molar-refractivity contribution in [2.45, 2.75) is 19.4 Å². The molecule has 0 bridgehead atoms. The number of carbonyl (C=O) groups is 1. The van der Waals surface area contributed by atoms with E-state index in [9.17, 15) is 4.79 Å². The number of carboxylic acid groups (broad SMARTS) is 1. The Morgan fingerprint density at radius 3 is 3.00 bits per heavy atom. The van der Waals surface area contributed by atoms with Gasteiger partial charge in [0.05, 0.1) is 6.04 Å². The molecule has 108 valence electrons.